The van der Waals surface area contributed by atoms with Crippen LogP contribution < -0.4 is 19.2 Å². The van der Waals surface area contributed by atoms with E-state index in [-0.39, 0.29) is 24.7 Å². The number of methoxy groups -OCH3 is 3. The molecule has 0 N–H and O–H groups in total. The number of benzene rings is 2. The summed E-state index contributed by atoms with van der Waals surface area (Å²) in [6, 6.07) is 10.7. The highest BCUT2D eigenvalue weighted by Gasteiger charge is 2.38. The zero-order valence-corrected chi connectivity index (χ0v) is 19.0. The molecule has 1 aliphatic heterocycles. The Kier molecular flexibility index (Phi) is 6.19. The summed E-state index contributed by atoms with van der Waals surface area (Å²) in [6.45, 7) is -0.356. The van der Waals surface area contributed by atoms with E-state index in [0.29, 0.717) is 22.1 Å². The number of ether oxygens (including phenoxy) is 3. The number of amides is 1. The summed E-state index contributed by atoms with van der Waals surface area (Å²) in [6.07, 6.45) is 0.0675. The number of carbonyl (C=O) groups is 2. The Morgan fingerprint density at radius 2 is 1.76 bits per heavy atom. The van der Waals surface area contributed by atoms with Gasteiger partial charge in [-0.15, -0.1) is 0 Å². The summed E-state index contributed by atoms with van der Waals surface area (Å²) in [5.41, 5.74) is 1.15. The lowest BCUT2D eigenvalue weighted by atomic mass is 9.90. The van der Waals surface area contributed by atoms with E-state index in [2.05, 4.69) is 0 Å². The number of thiazole rings is 1. The molecule has 4 rings (SSSR count). The van der Waals surface area contributed by atoms with Gasteiger partial charge in [0.05, 0.1) is 31.9 Å². The first-order valence-electron chi connectivity index (χ1n) is 9.98. The quantitative estimate of drug-likeness (QED) is 0.511. The molecule has 1 aromatic heterocycles. The number of esters is 1. The molecule has 0 fully saturated rings. The van der Waals surface area contributed by atoms with E-state index in [4.69, 9.17) is 14.2 Å². The molecule has 0 spiro atoms. The second-order valence-electron chi connectivity index (χ2n) is 7.29. The minimum absolute atomic E-state index is 0.0675. The van der Waals surface area contributed by atoms with Gasteiger partial charge in [0, 0.05) is 12.3 Å². The molecule has 0 radical (unpaired) electrons. The number of fused-ring (bicyclic) bond motifs is 1. The van der Waals surface area contributed by atoms with Crippen molar-refractivity contribution in [3.63, 3.8) is 0 Å². The molecule has 0 bridgehead atoms. The predicted octanol–water partition coefficient (Wildman–Crippen LogP) is 3.44. The van der Waals surface area contributed by atoms with Crippen molar-refractivity contribution in [1.29, 1.82) is 0 Å². The molecule has 10 heteroatoms. The Bertz CT molecular complexity index is 1270. The molecular formula is C23H21FN2O6S. The number of hydrogen-bond donors (Lipinski definition) is 0. The van der Waals surface area contributed by atoms with Crippen LogP contribution in [0.4, 0.5) is 15.9 Å². The molecular weight excluding hydrogens is 451 g/mol. The van der Waals surface area contributed by atoms with Gasteiger partial charge in [0.15, 0.2) is 11.5 Å². The summed E-state index contributed by atoms with van der Waals surface area (Å²) in [4.78, 5) is 39.9. The van der Waals surface area contributed by atoms with Gasteiger partial charge in [-0.05, 0) is 42.0 Å². The van der Waals surface area contributed by atoms with Crippen molar-refractivity contribution in [2.75, 3.05) is 26.2 Å². The van der Waals surface area contributed by atoms with Crippen LogP contribution in [0.5, 0.6) is 11.5 Å². The minimum atomic E-state index is -0.627. The van der Waals surface area contributed by atoms with E-state index in [1.165, 1.54) is 55.1 Å². The number of aromatic nitrogens is 1. The second-order valence-corrected chi connectivity index (χ2v) is 8.29. The van der Waals surface area contributed by atoms with Crippen LogP contribution in [0.25, 0.3) is 0 Å². The van der Waals surface area contributed by atoms with Crippen LogP contribution in [0.1, 0.15) is 22.8 Å². The third-order valence-corrected chi connectivity index (χ3v) is 6.54. The van der Waals surface area contributed by atoms with Crippen LogP contribution in [-0.2, 0) is 20.9 Å². The summed E-state index contributed by atoms with van der Waals surface area (Å²) >= 11 is 0.959. The normalized spacial score (nSPS) is 15.2. The van der Waals surface area contributed by atoms with Crippen molar-refractivity contribution in [2.24, 2.45) is 0 Å². The van der Waals surface area contributed by atoms with Crippen LogP contribution in [0.3, 0.4) is 0 Å². The van der Waals surface area contributed by atoms with Crippen LogP contribution in [0.2, 0.25) is 0 Å². The average Bonchev–Trinajstić information content (AvgIpc) is 3.14. The van der Waals surface area contributed by atoms with Crippen LogP contribution in [0.15, 0.2) is 47.3 Å². The van der Waals surface area contributed by atoms with Crippen molar-refractivity contribution in [2.45, 2.75) is 18.9 Å². The number of nitrogens with zero attached hydrogens (tertiary/aromatic N) is 2. The molecule has 2 heterocycles. The van der Waals surface area contributed by atoms with Crippen molar-refractivity contribution in [3.8, 4) is 11.5 Å². The minimum Gasteiger partial charge on any atom is -0.493 e. The zero-order valence-electron chi connectivity index (χ0n) is 18.2. The van der Waals surface area contributed by atoms with E-state index < -0.39 is 22.6 Å². The van der Waals surface area contributed by atoms with Crippen LogP contribution in [-0.4, -0.2) is 37.8 Å². The number of rotatable bonds is 6. The SMILES string of the molecule is COC(=O)Cn1c2c(sc1=O)[C@@H](c1ccc(OC)c(OC)c1)CC(=O)N2c1ccc(F)cc1. The highest BCUT2D eigenvalue weighted by atomic mass is 32.1. The lowest BCUT2D eigenvalue weighted by Crippen LogP contribution is -2.36. The Morgan fingerprint density at radius 1 is 1.06 bits per heavy atom. The maximum atomic E-state index is 13.5. The van der Waals surface area contributed by atoms with Gasteiger partial charge in [0.25, 0.3) is 0 Å². The van der Waals surface area contributed by atoms with E-state index in [0.717, 1.165) is 16.9 Å². The molecule has 0 aliphatic carbocycles. The van der Waals surface area contributed by atoms with E-state index >= 15 is 0 Å². The van der Waals surface area contributed by atoms with Crippen LogP contribution >= 0.6 is 11.3 Å². The van der Waals surface area contributed by atoms with E-state index in [1.54, 1.807) is 12.1 Å². The number of hydrogen-bond acceptors (Lipinski definition) is 7. The van der Waals surface area contributed by atoms with Gasteiger partial charge in [0.2, 0.25) is 5.91 Å². The van der Waals surface area contributed by atoms with Crippen molar-refractivity contribution >= 4 is 34.7 Å². The maximum Gasteiger partial charge on any atom is 0.325 e. The topological polar surface area (TPSA) is 87.1 Å². The third kappa shape index (κ3) is 4.09. The summed E-state index contributed by atoms with van der Waals surface area (Å²) in [5, 5.41) is 0. The highest BCUT2D eigenvalue weighted by molar-refractivity contribution is 7.10. The van der Waals surface area contributed by atoms with Gasteiger partial charge in [0.1, 0.15) is 18.2 Å². The van der Waals surface area contributed by atoms with Crippen molar-refractivity contribution < 1.29 is 28.2 Å². The number of carbonyl (C=O) groups excluding carboxylic acids is 2. The molecule has 1 amide bonds. The second kappa shape index (κ2) is 9.07. The maximum absolute atomic E-state index is 13.5. The molecule has 172 valence electrons. The molecule has 0 saturated heterocycles. The summed E-state index contributed by atoms with van der Waals surface area (Å²) in [7, 11) is 4.27. The summed E-state index contributed by atoms with van der Waals surface area (Å²) in [5.74, 6) is -0.524. The smallest absolute Gasteiger partial charge is 0.325 e. The molecule has 1 atom stereocenters. The fourth-order valence-corrected chi connectivity index (χ4v) is 4.98. The average molecular weight is 472 g/mol. The van der Waals surface area contributed by atoms with Gasteiger partial charge >= 0.3 is 10.8 Å². The largest absolute Gasteiger partial charge is 0.493 e. The molecule has 1 aliphatic rings. The van der Waals surface area contributed by atoms with Crippen molar-refractivity contribution in [1.82, 2.24) is 4.57 Å². The standard InChI is InChI=1S/C23H21FN2O6S/c1-30-17-9-4-13(10-18(17)31-2)16-11-19(27)26(15-7-5-14(24)6-8-15)22-21(16)33-23(29)25(22)12-20(28)32-3/h4-10,16H,11-12H2,1-3H3/t16-/m1/s1. The molecule has 0 saturated carbocycles. The fraction of sp³-hybridized carbons (Fsp3) is 0.261. The van der Waals surface area contributed by atoms with Gasteiger partial charge < -0.3 is 14.2 Å². The molecule has 2 aromatic carbocycles. The first kappa shape index (κ1) is 22.5. The highest BCUT2D eigenvalue weighted by Crippen LogP contribution is 2.46. The number of halogens is 1. The van der Waals surface area contributed by atoms with E-state index in [1.807, 2.05) is 6.07 Å². The Labute approximate surface area is 192 Å². The molecule has 33 heavy (non-hydrogen) atoms. The monoisotopic (exact) mass is 472 g/mol. The molecule has 3 aromatic rings. The Morgan fingerprint density at radius 3 is 2.39 bits per heavy atom. The van der Waals surface area contributed by atoms with Gasteiger partial charge in [-0.1, -0.05) is 17.4 Å². The molecule has 0 unspecified atom stereocenters. The van der Waals surface area contributed by atoms with Crippen molar-refractivity contribution in [3.05, 3.63) is 68.4 Å². The Balaban J connectivity index is 1.90. The summed E-state index contributed by atoms with van der Waals surface area (Å²) < 4.78 is 30.2. The first-order valence-corrected chi connectivity index (χ1v) is 10.8. The number of anilines is 2. The predicted molar refractivity (Wildman–Crippen MR) is 120 cm³/mol. The lowest BCUT2D eigenvalue weighted by Gasteiger charge is -2.32. The lowest BCUT2D eigenvalue weighted by molar-refractivity contribution is -0.141. The van der Waals surface area contributed by atoms with E-state index in [9.17, 15) is 18.8 Å². The Hall–Kier alpha value is -3.66. The third-order valence-electron chi connectivity index (χ3n) is 5.46. The van der Waals surface area contributed by atoms with Gasteiger partial charge in [-0.3, -0.25) is 23.9 Å². The zero-order chi connectivity index (χ0) is 23.7. The fourth-order valence-electron chi connectivity index (χ4n) is 3.88. The van der Waals surface area contributed by atoms with Crippen LogP contribution in [0, 0.1) is 5.82 Å². The van der Waals surface area contributed by atoms with Gasteiger partial charge in [-0.2, -0.15) is 0 Å². The molecule has 8 nitrogen and oxygen atoms in total. The van der Waals surface area contributed by atoms with Gasteiger partial charge in [-0.25, -0.2) is 4.39 Å². The first-order chi connectivity index (χ1) is 15.9.